The first-order valence-electron chi connectivity index (χ1n) is 7.31. The molecular formula is C16H22N2O2. The molecule has 4 nitrogen and oxygen atoms in total. The largest absolute Gasteiger partial charge is 0.327 e. The summed E-state index contributed by atoms with van der Waals surface area (Å²) in [6.45, 7) is 0. The minimum absolute atomic E-state index is 0.140. The third-order valence-corrected chi connectivity index (χ3v) is 3.97. The van der Waals surface area contributed by atoms with E-state index in [9.17, 15) is 9.59 Å². The molecular weight excluding hydrogens is 252 g/mol. The number of imide groups is 1. The number of amides is 2. The number of nitrogens with one attached hydrogen (secondary N) is 1. The van der Waals surface area contributed by atoms with Crippen LogP contribution in [0, 0.1) is 5.92 Å². The zero-order valence-electron chi connectivity index (χ0n) is 11.7. The minimum atomic E-state index is -0.355. The van der Waals surface area contributed by atoms with Crippen LogP contribution in [0.2, 0.25) is 0 Å². The monoisotopic (exact) mass is 274 g/mol. The fourth-order valence-corrected chi connectivity index (χ4v) is 2.78. The molecule has 4 heteroatoms. The Bertz CT molecular complexity index is 453. The second-order valence-corrected chi connectivity index (χ2v) is 5.51. The van der Waals surface area contributed by atoms with E-state index in [0.29, 0.717) is 11.5 Å². The van der Waals surface area contributed by atoms with Crippen molar-refractivity contribution in [2.45, 2.75) is 44.6 Å². The van der Waals surface area contributed by atoms with E-state index in [-0.39, 0.29) is 24.3 Å². The van der Waals surface area contributed by atoms with Crippen molar-refractivity contribution < 1.29 is 9.59 Å². The van der Waals surface area contributed by atoms with Gasteiger partial charge in [-0.25, -0.2) is 0 Å². The van der Waals surface area contributed by atoms with Crippen molar-refractivity contribution in [1.82, 2.24) is 5.32 Å². The molecule has 2 rings (SSSR count). The molecule has 0 radical (unpaired) electrons. The molecule has 0 heterocycles. The highest BCUT2D eigenvalue weighted by atomic mass is 16.2. The number of benzene rings is 1. The van der Waals surface area contributed by atoms with Crippen LogP contribution in [0.1, 0.15) is 48.9 Å². The molecule has 0 aromatic heterocycles. The summed E-state index contributed by atoms with van der Waals surface area (Å²) in [5, 5.41) is 2.41. The topological polar surface area (TPSA) is 72.2 Å². The van der Waals surface area contributed by atoms with Gasteiger partial charge in [-0.3, -0.25) is 14.9 Å². The second-order valence-electron chi connectivity index (χ2n) is 5.51. The molecule has 1 aromatic rings. The summed E-state index contributed by atoms with van der Waals surface area (Å²) in [4.78, 5) is 23.7. The molecule has 0 spiro atoms. The lowest BCUT2D eigenvalue weighted by Crippen LogP contribution is -2.39. The summed E-state index contributed by atoms with van der Waals surface area (Å²) in [6, 6.07) is 8.60. The summed E-state index contributed by atoms with van der Waals surface area (Å²) in [5.74, 6) is -0.218. The molecule has 1 unspecified atom stereocenters. The van der Waals surface area contributed by atoms with Crippen LogP contribution in [0.4, 0.5) is 0 Å². The molecule has 1 aliphatic carbocycles. The molecule has 0 bridgehead atoms. The first-order valence-corrected chi connectivity index (χ1v) is 7.31. The Morgan fingerprint density at radius 1 is 1.15 bits per heavy atom. The molecule has 3 N–H and O–H groups in total. The van der Waals surface area contributed by atoms with Crippen LogP contribution in [0.15, 0.2) is 30.3 Å². The Hall–Kier alpha value is -1.68. The van der Waals surface area contributed by atoms with E-state index >= 15 is 0 Å². The number of hydrogen-bond donors (Lipinski definition) is 2. The van der Waals surface area contributed by atoms with E-state index in [1.54, 1.807) is 24.3 Å². The highest BCUT2D eigenvalue weighted by molar-refractivity contribution is 6.04. The van der Waals surface area contributed by atoms with Gasteiger partial charge in [-0.1, -0.05) is 37.5 Å². The number of carbonyl (C=O) groups excluding carboxylic acids is 2. The maximum Gasteiger partial charge on any atom is 0.257 e. The lowest BCUT2D eigenvalue weighted by Gasteiger charge is -2.26. The second kappa shape index (κ2) is 7.20. The highest BCUT2D eigenvalue weighted by Gasteiger charge is 2.23. The van der Waals surface area contributed by atoms with Crippen LogP contribution >= 0.6 is 0 Å². The lowest BCUT2D eigenvalue weighted by molar-refractivity contribution is -0.120. The van der Waals surface area contributed by atoms with E-state index in [0.717, 1.165) is 12.8 Å². The summed E-state index contributed by atoms with van der Waals surface area (Å²) in [7, 11) is 0. The fourth-order valence-electron chi connectivity index (χ4n) is 2.78. The molecule has 0 saturated heterocycles. The summed E-state index contributed by atoms with van der Waals surface area (Å²) < 4.78 is 0. The van der Waals surface area contributed by atoms with Crippen LogP contribution in [0.25, 0.3) is 0 Å². The normalized spacial score (nSPS) is 17.4. The van der Waals surface area contributed by atoms with Gasteiger partial charge in [-0.2, -0.15) is 0 Å². The van der Waals surface area contributed by atoms with Crippen molar-refractivity contribution in [3.63, 3.8) is 0 Å². The van der Waals surface area contributed by atoms with Gasteiger partial charge >= 0.3 is 0 Å². The minimum Gasteiger partial charge on any atom is -0.327 e. The average Bonchev–Trinajstić information content (AvgIpc) is 2.49. The standard InChI is InChI=1S/C16H22N2O2/c17-14(12-7-3-1-4-8-12)11-15(19)18-16(20)13-9-5-2-6-10-13/h2,5-6,9-10,12,14H,1,3-4,7-8,11,17H2,(H,18,19,20). The van der Waals surface area contributed by atoms with Gasteiger partial charge in [-0.15, -0.1) is 0 Å². The van der Waals surface area contributed by atoms with Crippen molar-refractivity contribution in [1.29, 1.82) is 0 Å². The van der Waals surface area contributed by atoms with E-state index < -0.39 is 0 Å². The van der Waals surface area contributed by atoms with E-state index in [4.69, 9.17) is 5.73 Å². The Balaban J connectivity index is 1.81. The van der Waals surface area contributed by atoms with Gasteiger partial charge in [0.25, 0.3) is 5.91 Å². The van der Waals surface area contributed by atoms with Crippen molar-refractivity contribution >= 4 is 11.8 Å². The van der Waals surface area contributed by atoms with Gasteiger partial charge in [0.2, 0.25) is 5.91 Å². The van der Waals surface area contributed by atoms with Crippen molar-refractivity contribution in [2.75, 3.05) is 0 Å². The van der Waals surface area contributed by atoms with Gasteiger partial charge in [0.05, 0.1) is 0 Å². The lowest BCUT2D eigenvalue weighted by atomic mass is 9.83. The average molecular weight is 274 g/mol. The molecule has 2 amide bonds. The molecule has 108 valence electrons. The Morgan fingerprint density at radius 3 is 2.45 bits per heavy atom. The Kier molecular flexibility index (Phi) is 5.30. The Labute approximate surface area is 119 Å². The number of rotatable bonds is 4. The van der Waals surface area contributed by atoms with Gasteiger partial charge in [0.1, 0.15) is 0 Å². The number of carbonyl (C=O) groups is 2. The van der Waals surface area contributed by atoms with Gasteiger partial charge in [0, 0.05) is 18.0 Å². The maximum atomic E-state index is 11.9. The van der Waals surface area contributed by atoms with Crippen LogP contribution < -0.4 is 11.1 Å². The molecule has 1 fully saturated rings. The smallest absolute Gasteiger partial charge is 0.257 e. The van der Waals surface area contributed by atoms with Crippen molar-refractivity contribution in [3.05, 3.63) is 35.9 Å². The summed E-state index contributed by atoms with van der Waals surface area (Å²) in [5.41, 5.74) is 6.58. The van der Waals surface area contributed by atoms with E-state index in [2.05, 4.69) is 5.32 Å². The molecule has 20 heavy (non-hydrogen) atoms. The summed E-state index contributed by atoms with van der Waals surface area (Å²) in [6.07, 6.45) is 6.08. The number of hydrogen-bond acceptors (Lipinski definition) is 3. The van der Waals surface area contributed by atoms with Crippen LogP contribution in [0.3, 0.4) is 0 Å². The predicted molar refractivity (Wildman–Crippen MR) is 78.1 cm³/mol. The quantitative estimate of drug-likeness (QED) is 0.884. The van der Waals surface area contributed by atoms with Crippen LogP contribution in [-0.4, -0.2) is 17.9 Å². The fraction of sp³-hybridized carbons (Fsp3) is 0.500. The van der Waals surface area contributed by atoms with Crippen molar-refractivity contribution in [2.24, 2.45) is 11.7 Å². The molecule has 1 atom stereocenters. The third-order valence-electron chi connectivity index (χ3n) is 3.97. The summed E-state index contributed by atoms with van der Waals surface area (Å²) >= 11 is 0. The molecule has 1 aliphatic rings. The van der Waals surface area contributed by atoms with E-state index in [1.165, 1.54) is 19.3 Å². The SMILES string of the molecule is NC(CC(=O)NC(=O)c1ccccc1)C1CCCCC1. The molecule has 1 saturated carbocycles. The first-order chi connectivity index (χ1) is 9.66. The van der Waals surface area contributed by atoms with Gasteiger partial charge < -0.3 is 5.73 Å². The highest BCUT2D eigenvalue weighted by Crippen LogP contribution is 2.26. The first kappa shape index (κ1) is 14.7. The molecule has 0 aliphatic heterocycles. The molecule has 1 aromatic carbocycles. The Morgan fingerprint density at radius 2 is 1.80 bits per heavy atom. The maximum absolute atomic E-state index is 11.9. The van der Waals surface area contributed by atoms with Gasteiger partial charge in [0.15, 0.2) is 0 Å². The predicted octanol–water partition coefficient (Wildman–Crippen LogP) is 2.24. The van der Waals surface area contributed by atoms with Crippen LogP contribution in [0.5, 0.6) is 0 Å². The van der Waals surface area contributed by atoms with Gasteiger partial charge in [-0.05, 0) is 30.9 Å². The van der Waals surface area contributed by atoms with Crippen LogP contribution in [-0.2, 0) is 4.79 Å². The third kappa shape index (κ3) is 4.17. The van der Waals surface area contributed by atoms with Crippen molar-refractivity contribution in [3.8, 4) is 0 Å². The number of nitrogens with two attached hydrogens (primary N) is 1. The zero-order valence-corrected chi connectivity index (χ0v) is 11.7. The van der Waals surface area contributed by atoms with E-state index in [1.807, 2.05) is 6.07 Å². The zero-order chi connectivity index (χ0) is 14.4.